The number of aliphatic hydroxyl groups excluding tert-OH is 1. The van der Waals surface area contributed by atoms with E-state index in [1.807, 2.05) is 13.0 Å². The maximum atomic E-state index is 13.1. The summed E-state index contributed by atoms with van der Waals surface area (Å²) in [7, 11) is 3.14. The van der Waals surface area contributed by atoms with Gasteiger partial charge in [-0.15, -0.1) is 0 Å². The molecule has 2 aromatic rings. The third kappa shape index (κ3) is 4.94. The summed E-state index contributed by atoms with van der Waals surface area (Å²) in [4.78, 5) is 27.5. The summed E-state index contributed by atoms with van der Waals surface area (Å²) >= 11 is 0. The minimum Gasteiger partial charge on any atom is -0.507 e. The minimum absolute atomic E-state index is 0.0494. The Hall–Kier alpha value is -3.32. The van der Waals surface area contributed by atoms with E-state index in [-0.39, 0.29) is 11.3 Å². The van der Waals surface area contributed by atoms with Crippen LogP contribution in [-0.4, -0.2) is 55.7 Å². The molecule has 0 spiro atoms. The number of amides is 1. The number of likely N-dealkylation sites (tertiary alicyclic amines) is 1. The Morgan fingerprint density at radius 1 is 1.03 bits per heavy atom. The Morgan fingerprint density at radius 3 is 2.50 bits per heavy atom. The SMILES string of the molecule is CCCOc1cccc(C(O)=C2C(=O)C(=O)N(CCCOC)C2c2cccc(OC)c2)c1. The number of carbonyl (C=O) groups excluding carboxylic acids is 2. The summed E-state index contributed by atoms with van der Waals surface area (Å²) in [5, 5.41) is 11.2. The Morgan fingerprint density at radius 2 is 1.78 bits per heavy atom. The summed E-state index contributed by atoms with van der Waals surface area (Å²) < 4.78 is 16.1. The third-order valence-electron chi connectivity index (χ3n) is 5.28. The van der Waals surface area contributed by atoms with Gasteiger partial charge in [0.25, 0.3) is 11.7 Å². The molecular formula is C25H29NO6. The Labute approximate surface area is 188 Å². The molecule has 1 saturated heterocycles. The van der Waals surface area contributed by atoms with Crippen LogP contribution in [0.15, 0.2) is 54.1 Å². The van der Waals surface area contributed by atoms with Crippen LogP contribution < -0.4 is 9.47 Å². The molecule has 1 N–H and O–H groups in total. The van der Waals surface area contributed by atoms with Crippen molar-refractivity contribution in [1.29, 1.82) is 0 Å². The first kappa shape index (κ1) is 23.3. The first-order chi connectivity index (χ1) is 15.5. The van der Waals surface area contributed by atoms with Gasteiger partial charge in [-0.3, -0.25) is 9.59 Å². The van der Waals surface area contributed by atoms with Crippen LogP contribution in [0.3, 0.4) is 0 Å². The average Bonchev–Trinajstić information content (AvgIpc) is 3.07. The Kier molecular flexibility index (Phi) is 7.89. The van der Waals surface area contributed by atoms with Crippen molar-refractivity contribution in [3.05, 3.63) is 65.2 Å². The molecule has 1 aliphatic heterocycles. The molecule has 1 aliphatic rings. The van der Waals surface area contributed by atoms with Crippen molar-refractivity contribution >= 4 is 17.4 Å². The molecule has 3 rings (SSSR count). The highest BCUT2D eigenvalue weighted by atomic mass is 16.5. The van der Waals surface area contributed by atoms with Crippen molar-refractivity contribution < 1.29 is 28.9 Å². The van der Waals surface area contributed by atoms with E-state index in [0.29, 0.717) is 48.8 Å². The van der Waals surface area contributed by atoms with Gasteiger partial charge in [0.05, 0.1) is 25.3 Å². The van der Waals surface area contributed by atoms with Gasteiger partial charge in [-0.1, -0.05) is 31.2 Å². The van der Waals surface area contributed by atoms with Gasteiger partial charge in [-0.25, -0.2) is 0 Å². The molecule has 1 fully saturated rings. The Bertz CT molecular complexity index is 999. The number of carbonyl (C=O) groups is 2. The maximum absolute atomic E-state index is 13.1. The number of nitrogens with zero attached hydrogens (tertiary/aromatic N) is 1. The molecule has 7 nitrogen and oxygen atoms in total. The van der Waals surface area contributed by atoms with Crippen LogP contribution in [0.5, 0.6) is 11.5 Å². The summed E-state index contributed by atoms with van der Waals surface area (Å²) in [6.45, 7) is 3.31. The highest BCUT2D eigenvalue weighted by molar-refractivity contribution is 6.46. The second kappa shape index (κ2) is 10.8. The summed E-state index contributed by atoms with van der Waals surface area (Å²) in [5.74, 6) is -0.406. The highest BCUT2D eigenvalue weighted by Crippen LogP contribution is 2.40. The number of hydrogen-bond acceptors (Lipinski definition) is 6. The van der Waals surface area contributed by atoms with Crippen LogP contribution in [0.25, 0.3) is 5.76 Å². The monoisotopic (exact) mass is 439 g/mol. The first-order valence-electron chi connectivity index (χ1n) is 10.7. The van der Waals surface area contributed by atoms with E-state index < -0.39 is 17.7 Å². The fourth-order valence-corrected chi connectivity index (χ4v) is 3.76. The van der Waals surface area contributed by atoms with Gasteiger partial charge in [0.15, 0.2) is 0 Å². The minimum atomic E-state index is -0.734. The number of rotatable bonds is 10. The molecule has 0 aliphatic carbocycles. The van der Waals surface area contributed by atoms with E-state index in [9.17, 15) is 14.7 Å². The van der Waals surface area contributed by atoms with Crippen molar-refractivity contribution in [2.24, 2.45) is 0 Å². The Balaban J connectivity index is 2.09. The smallest absolute Gasteiger partial charge is 0.295 e. The van der Waals surface area contributed by atoms with Gasteiger partial charge < -0.3 is 24.2 Å². The lowest BCUT2D eigenvalue weighted by molar-refractivity contribution is -0.140. The van der Waals surface area contributed by atoms with Crippen LogP contribution in [0.1, 0.15) is 36.9 Å². The number of hydrogen-bond donors (Lipinski definition) is 1. The third-order valence-corrected chi connectivity index (χ3v) is 5.28. The second-order valence-electron chi connectivity index (χ2n) is 7.49. The van der Waals surface area contributed by atoms with Crippen molar-refractivity contribution in [2.45, 2.75) is 25.8 Å². The molecule has 32 heavy (non-hydrogen) atoms. The topological polar surface area (TPSA) is 85.3 Å². The van der Waals surface area contributed by atoms with E-state index in [2.05, 4.69) is 0 Å². The lowest BCUT2D eigenvalue weighted by Gasteiger charge is -2.25. The van der Waals surface area contributed by atoms with Crippen LogP contribution in [0, 0.1) is 0 Å². The molecule has 1 unspecified atom stereocenters. The maximum Gasteiger partial charge on any atom is 0.295 e. The molecule has 1 heterocycles. The fourth-order valence-electron chi connectivity index (χ4n) is 3.76. The van der Waals surface area contributed by atoms with E-state index in [1.54, 1.807) is 56.7 Å². The number of benzene rings is 2. The molecule has 7 heteroatoms. The molecule has 1 atom stereocenters. The van der Waals surface area contributed by atoms with Crippen LogP contribution in [0.2, 0.25) is 0 Å². The number of Topliss-reactive ketones (excluding diaryl/α,β-unsaturated/α-hetero) is 1. The molecular weight excluding hydrogens is 410 g/mol. The van der Waals surface area contributed by atoms with Crippen molar-refractivity contribution in [1.82, 2.24) is 4.90 Å². The lowest BCUT2D eigenvalue weighted by atomic mass is 9.95. The fraction of sp³-hybridized carbons (Fsp3) is 0.360. The molecule has 170 valence electrons. The van der Waals surface area contributed by atoms with E-state index in [1.165, 1.54) is 4.90 Å². The summed E-state index contributed by atoms with van der Waals surface area (Å²) in [6.07, 6.45) is 1.41. The van der Waals surface area contributed by atoms with Crippen molar-refractivity contribution in [3.8, 4) is 11.5 Å². The number of ether oxygens (including phenoxy) is 3. The van der Waals surface area contributed by atoms with E-state index in [0.717, 1.165) is 6.42 Å². The zero-order valence-electron chi connectivity index (χ0n) is 18.7. The summed E-state index contributed by atoms with van der Waals surface area (Å²) in [5.41, 5.74) is 1.15. The molecule has 2 aromatic carbocycles. The predicted octanol–water partition coefficient (Wildman–Crippen LogP) is 3.94. The van der Waals surface area contributed by atoms with E-state index >= 15 is 0 Å². The van der Waals surface area contributed by atoms with E-state index in [4.69, 9.17) is 14.2 Å². The normalized spacial score (nSPS) is 17.6. The summed E-state index contributed by atoms with van der Waals surface area (Å²) in [6, 6.07) is 13.3. The second-order valence-corrected chi connectivity index (χ2v) is 7.49. The van der Waals surface area contributed by atoms with Crippen LogP contribution in [-0.2, 0) is 14.3 Å². The molecule has 0 radical (unpaired) electrons. The number of ketones is 1. The number of methoxy groups -OCH3 is 2. The zero-order chi connectivity index (χ0) is 23.1. The van der Waals surface area contributed by atoms with Gasteiger partial charge in [0.2, 0.25) is 0 Å². The van der Waals surface area contributed by atoms with Crippen molar-refractivity contribution in [3.63, 3.8) is 0 Å². The van der Waals surface area contributed by atoms with Gasteiger partial charge >= 0.3 is 0 Å². The van der Waals surface area contributed by atoms with Gasteiger partial charge in [-0.2, -0.15) is 0 Å². The van der Waals surface area contributed by atoms with Crippen LogP contribution in [0.4, 0.5) is 0 Å². The largest absolute Gasteiger partial charge is 0.507 e. The quantitative estimate of drug-likeness (QED) is 0.261. The molecule has 0 saturated carbocycles. The average molecular weight is 440 g/mol. The molecule has 0 bridgehead atoms. The highest BCUT2D eigenvalue weighted by Gasteiger charge is 2.45. The zero-order valence-corrected chi connectivity index (χ0v) is 18.7. The first-order valence-corrected chi connectivity index (χ1v) is 10.7. The van der Waals surface area contributed by atoms with Crippen LogP contribution >= 0.6 is 0 Å². The molecule has 1 amide bonds. The van der Waals surface area contributed by atoms with Gasteiger partial charge in [0, 0.05) is 25.8 Å². The molecule has 0 aromatic heterocycles. The predicted molar refractivity (Wildman–Crippen MR) is 121 cm³/mol. The van der Waals surface area contributed by atoms with Gasteiger partial charge in [0.1, 0.15) is 17.3 Å². The number of aliphatic hydroxyl groups is 1. The lowest BCUT2D eigenvalue weighted by Crippen LogP contribution is -2.31. The van der Waals surface area contributed by atoms with Crippen molar-refractivity contribution in [2.75, 3.05) is 34.0 Å². The standard InChI is InChI=1S/C25H29NO6/c1-4-13-32-20-11-6-9-18(16-20)23(27)21-22(17-8-5-10-19(15-17)31-3)26(12-7-14-30-2)25(29)24(21)28/h5-6,8-11,15-16,22,27H,4,7,12-14H2,1-3H3. The van der Waals surface area contributed by atoms with Gasteiger partial charge in [-0.05, 0) is 42.7 Å².